The predicted molar refractivity (Wildman–Crippen MR) is 110 cm³/mol. The third-order valence-corrected chi connectivity index (χ3v) is 5.70. The van der Waals surface area contributed by atoms with E-state index in [1.54, 1.807) is 17.8 Å². The monoisotopic (exact) mass is 396 g/mol. The van der Waals surface area contributed by atoms with Gasteiger partial charge in [0.25, 0.3) is 5.91 Å². The third-order valence-electron chi connectivity index (χ3n) is 3.72. The molecular formula is C17H20N2O3S3. The molecule has 0 saturated carbocycles. The number of benzene rings is 1. The first-order valence-corrected chi connectivity index (χ1v) is 10.2. The number of nitrogens with zero attached hydrogens (tertiary/aromatic N) is 2. The van der Waals surface area contributed by atoms with Crippen LogP contribution in [0.5, 0.6) is 0 Å². The Balaban J connectivity index is 2.23. The smallest absolute Gasteiger partial charge is 0.326 e. The molecule has 1 aromatic carbocycles. The minimum atomic E-state index is -1.03. The van der Waals surface area contributed by atoms with Gasteiger partial charge in [-0.3, -0.25) is 9.69 Å². The van der Waals surface area contributed by atoms with Gasteiger partial charge in [0.1, 0.15) is 10.4 Å². The summed E-state index contributed by atoms with van der Waals surface area (Å²) in [5.74, 6) is -0.707. The Morgan fingerprint density at radius 3 is 2.56 bits per heavy atom. The lowest BCUT2D eigenvalue weighted by Crippen LogP contribution is -2.44. The molecule has 0 spiro atoms. The molecule has 1 saturated heterocycles. The molecule has 1 aromatic rings. The molecule has 1 atom stereocenters. The second-order valence-electron chi connectivity index (χ2n) is 5.67. The van der Waals surface area contributed by atoms with Crippen molar-refractivity contribution >= 4 is 63.7 Å². The molecule has 1 unspecified atom stereocenters. The number of carboxylic acids is 1. The Morgan fingerprint density at radius 2 is 2.04 bits per heavy atom. The van der Waals surface area contributed by atoms with Crippen molar-refractivity contribution in [1.29, 1.82) is 0 Å². The number of hydrogen-bond acceptors (Lipinski definition) is 6. The quantitative estimate of drug-likeness (QED) is 0.561. The predicted octanol–water partition coefficient (Wildman–Crippen LogP) is 3.16. The number of amides is 1. The largest absolute Gasteiger partial charge is 0.480 e. The van der Waals surface area contributed by atoms with Crippen LogP contribution in [0.3, 0.4) is 0 Å². The highest BCUT2D eigenvalue weighted by Gasteiger charge is 2.40. The van der Waals surface area contributed by atoms with E-state index in [2.05, 4.69) is 0 Å². The molecule has 0 bridgehead atoms. The molecule has 0 radical (unpaired) electrons. The number of anilines is 1. The normalized spacial score (nSPS) is 17.2. The second kappa shape index (κ2) is 8.73. The lowest BCUT2D eigenvalue weighted by Gasteiger charge is -2.22. The topological polar surface area (TPSA) is 60.9 Å². The molecular weight excluding hydrogens is 376 g/mol. The van der Waals surface area contributed by atoms with Gasteiger partial charge in [-0.2, -0.15) is 11.8 Å². The summed E-state index contributed by atoms with van der Waals surface area (Å²) in [5.41, 5.74) is 1.94. The molecule has 134 valence electrons. The van der Waals surface area contributed by atoms with Crippen LogP contribution >= 0.6 is 35.7 Å². The number of aliphatic carboxylic acids is 1. The molecule has 1 aliphatic heterocycles. The maximum atomic E-state index is 12.7. The highest BCUT2D eigenvalue weighted by atomic mass is 32.2. The Kier molecular flexibility index (Phi) is 6.92. The summed E-state index contributed by atoms with van der Waals surface area (Å²) >= 11 is 7.96. The fourth-order valence-electron chi connectivity index (χ4n) is 2.36. The molecule has 1 aliphatic rings. The Bertz CT molecular complexity index is 702. The number of hydrogen-bond donors (Lipinski definition) is 1. The van der Waals surface area contributed by atoms with E-state index in [0.29, 0.717) is 21.4 Å². The summed E-state index contributed by atoms with van der Waals surface area (Å²) in [6.07, 6.45) is 4.03. The minimum Gasteiger partial charge on any atom is -0.480 e. The van der Waals surface area contributed by atoms with Crippen LogP contribution in [0.4, 0.5) is 5.69 Å². The third kappa shape index (κ3) is 4.77. The zero-order chi connectivity index (χ0) is 18.6. The fraction of sp³-hybridized carbons (Fsp3) is 0.353. The summed E-state index contributed by atoms with van der Waals surface area (Å²) in [6, 6.07) is 6.85. The van der Waals surface area contributed by atoms with Crippen molar-refractivity contribution in [3.8, 4) is 0 Å². The molecule has 2 rings (SSSR count). The summed E-state index contributed by atoms with van der Waals surface area (Å²) in [5, 5.41) is 9.46. The van der Waals surface area contributed by atoms with Crippen LogP contribution < -0.4 is 4.90 Å². The van der Waals surface area contributed by atoms with Crippen LogP contribution in [-0.4, -0.2) is 58.3 Å². The molecule has 1 fully saturated rings. The van der Waals surface area contributed by atoms with Crippen molar-refractivity contribution in [2.24, 2.45) is 0 Å². The van der Waals surface area contributed by atoms with E-state index >= 15 is 0 Å². The Hall–Kier alpha value is -1.51. The van der Waals surface area contributed by atoms with E-state index in [4.69, 9.17) is 12.2 Å². The van der Waals surface area contributed by atoms with Crippen LogP contribution in [-0.2, 0) is 9.59 Å². The molecule has 0 aromatic heterocycles. The molecule has 0 aliphatic carbocycles. The first-order chi connectivity index (χ1) is 11.8. The van der Waals surface area contributed by atoms with Crippen LogP contribution in [0.15, 0.2) is 29.2 Å². The molecule has 1 N–H and O–H groups in total. The lowest BCUT2D eigenvalue weighted by atomic mass is 10.1. The number of carbonyl (C=O) groups is 2. The maximum Gasteiger partial charge on any atom is 0.326 e. The molecule has 1 amide bonds. The number of carbonyl (C=O) groups excluding carboxylic acids is 1. The average molecular weight is 397 g/mol. The summed E-state index contributed by atoms with van der Waals surface area (Å²) in [4.78, 5) is 27.9. The van der Waals surface area contributed by atoms with Gasteiger partial charge in [0.2, 0.25) is 0 Å². The van der Waals surface area contributed by atoms with Crippen LogP contribution in [0.25, 0.3) is 6.08 Å². The van der Waals surface area contributed by atoms with Crippen molar-refractivity contribution < 1.29 is 14.7 Å². The first-order valence-electron chi connectivity index (χ1n) is 7.61. The van der Waals surface area contributed by atoms with Crippen LogP contribution in [0, 0.1) is 0 Å². The lowest BCUT2D eigenvalue weighted by molar-refractivity contribution is -0.145. The van der Waals surface area contributed by atoms with Crippen molar-refractivity contribution in [3.63, 3.8) is 0 Å². The van der Waals surface area contributed by atoms with Gasteiger partial charge in [-0.25, -0.2) is 4.79 Å². The van der Waals surface area contributed by atoms with Crippen molar-refractivity contribution in [1.82, 2.24) is 4.90 Å². The SMILES string of the molecule is CSCCC(C(=O)O)N1C(=O)/C(=C/c2ccc(N(C)C)cc2)SC1=S. The minimum absolute atomic E-state index is 0.301. The molecule has 25 heavy (non-hydrogen) atoms. The van der Waals surface area contributed by atoms with Crippen LogP contribution in [0.1, 0.15) is 12.0 Å². The van der Waals surface area contributed by atoms with Crippen molar-refractivity contribution in [2.75, 3.05) is 31.0 Å². The summed E-state index contributed by atoms with van der Waals surface area (Å²) in [7, 11) is 3.92. The number of thiocarbonyl (C=S) groups is 1. The fourth-order valence-corrected chi connectivity index (χ4v) is 4.18. The zero-order valence-electron chi connectivity index (χ0n) is 14.3. The number of rotatable bonds is 7. The van der Waals surface area contributed by atoms with Gasteiger partial charge in [0, 0.05) is 19.8 Å². The summed E-state index contributed by atoms with van der Waals surface area (Å²) < 4.78 is 0.301. The van der Waals surface area contributed by atoms with Gasteiger partial charge < -0.3 is 10.0 Å². The van der Waals surface area contributed by atoms with Crippen molar-refractivity contribution in [3.05, 3.63) is 34.7 Å². The second-order valence-corrected chi connectivity index (χ2v) is 8.33. The van der Waals surface area contributed by atoms with E-state index in [0.717, 1.165) is 23.0 Å². The highest BCUT2D eigenvalue weighted by Crippen LogP contribution is 2.35. The zero-order valence-corrected chi connectivity index (χ0v) is 16.7. The van der Waals surface area contributed by atoms with Crippen molar-refractivity contribution in [2.45, 2.75) is 12.5 Å². The number of thioether (sulfide) groups is 2. The van der Waals surface area contributed by atoms with Crippen LogP contribution in [0.2, 0.25) is 0 Å². The Labute approximate surface area is 161 Å². The van der Waals surface area contributed by atoms with Gasteiger partial charge in [0.15, 0.2) is 0 Å². The average Bonchev–Trinajstić information content (AvgIpc) is 2.83. The van der Waals surface area contributed by atoms with E-state index < -0.39 is 12.0 Å². The van der Waals surface area contributed by atoms with E-state index in [1.807, 2.05) is 49.5 Å². The first kappa shape index (κ1) is 19.8. The van der Waals surface area contributed by atoms with Gasteiger partial charge in [-0.05, 0) is 42.2 Å². The Morgan fingerprint density at radius 1 is 1.40 bits per heavy atom. The highest BCUT2D eigenvalue weighted by molar-refractivity contribution is 8.26. The maximum absolute atomic E-state index is 12.7. The summed E-state index contributed by atoms with van der Waals surface area (Å²) in [6.45, 7) is 0. The standard InChI is InChI=1S/C17H20N2O3S3/c1-18(2)12-6-4-11(5-7-12)10-14-15(20)19(17(23)25-14)13(16(21)22)8-9-24-3/h4-7,10,13H,8-9H2,1-3H3,(H,21,22)/b14-10-. The van der Waals surface area contributed by atoms with Gasteiger partial charge in [-0.15, -0.1) is 0 Å². The molecule has 1 heterocycles. The van der Waals surface area contributed by atoms with Gasteiger partial charge >= 0.3 is 5.97 Å². The van der Waals surface area contributed by atoms with E-state index in [-0.39, 0.29) is 5.91 Å². The van der Waals surface area contributed by atoms with E-state index in [1.165, 1.54) is 4.90 Å². The van der Waals surface area contributed by atoms with Gasteiger partial charge in [-0.1, -0.05) is 36.1 Å². The van der Waals surface area contributed by atoms with E-state index in [9.17, 15) is 14.7 Å². The van der Waals surface area contributed by atoms with Gasteiger partial charge in [0.05, 0.1) is 4.91 Å². The number of carboxylic acid groups (broad SMARTS) is 1. The molecule has 8 heteroatoms. The molecule has 5 nitrogen and oxygen atoms in total.